The molecule has 2 aromatic rings. The minimum absolute atomic E-state index is 0.0442. The lowest BCUT2D eigenvalue weighted by molar-refractivity contribution is -0.109. The van der Waals surface area contributed by atoms with Gasteiger partial charge in [0.1, 0.15) is 12.4 Å². The van der Waals surface area contributed by atoms with Crippen LogP contribution in [-0.4, -0.2) is 37.8 Å². The van der Waals surface area contributed by atoms with Gasteiger partial charge in [-0.05, 0) is 46.3 Å². The smallest absolute Gasteiger partial charge is 0.264 e. The van der Waals surface area contributed by atoms with Gasteiger partial charge in [0.15, 0.2) is 17.4 Å². The van der Waals surface area contributed by atoms with Crippen LogP contribution in [0.2, 0.25) is 0 Å². The molecule has 11 heteroatoms. The molecule has 0 aromatic heterocycles. The summed E-state index contributed by atoms with van der Waals surface area (Å²) in [5.41, 5.74) is 1.63. The molecule has 1 N–H and O–H groups in total. The lowest BCUT2D eigenvalue weighted by Crippen LogP contribution is -2.30. The first-order valence-corrected chi connectivity index (χ1v) is 9.11. The van der Waals surface area contributed by atoms with E-state index in [2.05, 4.69) is 26.5 Å². The zero-order valence-corrected chi connectivity index (χ0v) is 17.4. The third-order valence-electron chi connectivity index (χ3n) is 3.66. The number of hydrogen-bond donors (Lipinski definition) is 1. The molecule has 0 saturated heterocycles. The number of hydrogen-bond acceptors (Lipinski definition) is 5. The fraction of sp³-hybridized carbons (Fsp3) is 0.211. The van der Waals surface area contributed by atoms with E-state index in [-0.39, 0.29) is 33.9 Å². The average Bonchev–Trinajstić information content (AvgIpc) is 2.72. The molecule has 7 nitrogen and oxygen atoms in total. The highest BCUT2D eigenvalue weighted by Gasteiger charge is 2.19. The van der Waals surface area contributed by atoms with Crippen molar-refractivity contribution in [1.82, 2.24) is 10.3 Å². The van der Waals surface area contributed by atoms with Gasteiger partial charge in [0.2, 0.25) is 12.2 Å². The lowest BCUT2D eigenvalue weighted by atomic mass is 10.1. The Labute approximate surface area is 178 Å². The molecule has 0 fully saturated rings. The molecule has 1 amide bonds. The van der Waals surface area contributed by atoms with Crippen molar-refractivity contribution in [1.29, 1.82) is 5.26 Å². The second-order valence-corrected chi connectivity index (χ2v) is 6.81. The summed E-state index contributed by atoms with van der Waals surface area (Å²) in [5, 5.41) is 12.9. The van der Waals surface area contributed by atoms with E-state index in [1.807, 2.05) is 0 Å². The van der Waals surface area contributed by atoms with Crippen LogP contribution < -0.4 is 14.9 Å². The minimum Gasteiger partial charge on any atom is -0.482 e. The molecule has 0 bridgehead atoms. The average molecular weight is 485 g/mol. The number of rotatable bonds is 8. The van der Waals surface area contributed by atoms with Crippen molar-refractivity contribution in [2.75, 3.05) is 20.7 Å². The Morgan fingerprint density at radius 1 is 1.37 bits per heavy atom. The van der Waals surface area contributed by atoms with Crippen LogP contribution in [-0.2, 0) is 4.79 Å². The molecule has 2 rings (SSSR count). The summed E-state index contributed by atoms with van der Waals surface area (Å²) >= 11 is 3.03. The first-order valence-electron chi connectivity index (χ1n) is 8.31. The second kappa shape index (κ2) is 10.5. The van der Waals surface area contributed by atoms with Crippen molar-refractivity contribution >= 4 is 28.2 Å². The maximum atomic E-state index is 14.7. The number of ether oxygens (including phenoxy) is 2. The molecular formula is C19H16BrF3N4O3. The van der Waals surface area contributed by atoms with Crippen LogP contribution in [0.4, 0.5) is 13.2 Å². The molecule has 0 heterocycles. The standard InChI is InChI=1S/C19H16BrF3N4O3/c1-27(2)16(26-25-10-28)9-29-15-4-3-14(20)17(21)18(15)30-13-6-11(8-24)5-12(7-13)19(22)23/h3-7,10,19H,9H2,1-2H3,(H,25,28)/b26-16-. The van der Waals surface area contributed by atoms with Crippen molar-refractivity contribution < 1.29 is 27.4 Å². The fourth-order valence-electron chi connectivity index (χ4n) is 2.22. The maximum absolute atomic E-state index is 14.7. The van der Waals surface area contributed by atoms with Crippen LogP contribution in [0.1, 0.15) is 17.6 Å². The maximum Gasteiger partial charge on any atom is 0.264 e. The summed E-state index contributed by atoms with van der Waals surface area (Å²) in [6, 6.07) is 7.78. The van der Waals surface area contributed by atoms with Gasteiger partial charge in [-0.3, -0.25) is 4.79 Å². The number of carbonyl (C=O) groups excluding carboxylic acids is 1. The highest BCUT2D eigenvalue weighted by atomic mass is 79.9. The Balaban J connectivity index is 2.39. The number of likely N-dealkylation sites (N-methyl/N-ethyl adjacent to an activating group) is 1. The number of nitrogens with zero attached hydrogens (tertiary/aromatic N) is 3. The minimum atomic E-state index is -2.84. The summed E-state index contributed by atoms with van der Waals surface area (Å²) in [4.78, 5) is 12.0. The Morgan fingerprint density at radius 3 is 2.70 bits per heavy atom. The quantitative estimate of drug-likeness (QED) is 0.262. The Morgan fingerprint density at radius 2 is 2.10 bits per heavy atom. The summed E-state index contributed by atoms with van der Waals surface area (Å²) in [6.07, 6.45) is -2.46. The van der Waals surface area contributed by atoms with E-state index < -0.39 is 17.8 Å². The molecule has 0 saturated carbocycles. The van der Waals surface area contributed by atoms with E-state index in [9.17, 15) is 18.0 Å². The van der Waals surface area contributed by atoms with Crippen molar-refractivity contribution in [2.45, 2.75) is 6.43 Å². The molecule has 30 heavy (non-hydrogen) atoms. The van der Waals surface area contributed by atoms with Gasteiger partial charge in [-0.2, -0.15) is 10.4 Å². The van der Waals surface area contributed by atoms with Gasteiger partial charge >= 0.3 is 0 Å². The topological polar surface area (TPSA) is 86.9 Å². The zero-order chi connectivity index (χ0) is 22.3. The third kappa shape index (κ3) is 5.87. The number of nitriles is 1. The second-order valence-electron chi connectivity index (χ2n) is 5.95. The van der Waals surface area contributed by atoms with E-state index >= 15 is 0 Å². The number of amides is 1. The Bertz CT molecular complexity index is 994. The van der Waals surface area contributed by atoms with Crippen LogP contribution in [0, 0.1) is 17.1 Å². The zero-order valence-electron chi connectivity index (χ0n) is 15.8. The molecule has 0 unspecified atom stereocenters. The summed E-state index contributed by atoms with van der Waals surface area (Å²) in [6.45, 7) is -0.161. The number of carbonyl (C=O) groups is 1. The number of alkyl halides is 2. The molecule has 0 atom stereocenters. The Kier molecular flexibility index (Phi) is 8.06. The molecule has 0 radical (unpaired) electrons. The molecule has 2 aromatic carbocycles. The van der Waals surface area contributed by atoms with E-state index in [1.54, 1.807) is 25.1 Å². The fourth-order valence-corrected chi connectivity index (χ4v) is 2.53. The first-order chi connectivity index (χ1) is 14.3. The number of halogens is 4. The van der Waals surface area contributed by atoms with Crippen molar-refractivity contribution in [3.8, 4) is 23.3 Å². The number of benzene rings is 2. The van der Waals surface area contributed by atoms with Gasteiger partial charge in [0.25, 0.3) is 6.43 Å². The van der Waals surface area contributed by atoms with Gasteiger partial charge in [-0.15, -0.1) is 0 Å². The van der Waals surface area contributed by atoms with Gasteiger partial charge in [0.05, 0.1) is 16.1 Å². The molecular weight excluding hydrogens is 469 g/mol. The highest BCUT2D eigenvalue weighted by molar-refractivity contribution is 9.10. The highest BCUT2D eigenvalue weighted by Crippen LogP contribution is 2.39. The summed E-state index contributed by atoms with van der Waals surface area (Å²) in [7, 11) is 3.32. The summed E-state index contributed by atoms with van der Waals surface area (Å²) < 4.78 is 52.0. The van der Waals surface area contributed by atoms with E-state index in [1.165, 1.54) is 18.2 Å². The SMILES string of the molecule is CN(C)/C(COc1ccc(Br)c(F)c1Oc1cc(C#N)cc(C(F)F)c1)=N\NC=O. The number of amidine groups is 1. The van der Waals surface area contributed by atoms with E-state index in [0.29, 0.717) is 12.2 Å². The lowest BCUT2D eigenvalue weighted by Gasteiger charge is -2.18. The predicted octanol–water partition coefficient (Wildman–Crippen LogP) is 4.19. The number of hydrazone groups is 1. The normalized spacial score (nSPS) is 11.1. The van der Waals surface area contributed by atoms with Crippen molar-refractivity contribution in [3.05, 3.63) is 51.7 Å². The van der Waals surface area contributed by atoms with E-state index in [4.69, 9.17) is 14.7 Å². The van der Waals surface area contributed by atoms with Gasteiger partial charge in [-0.25, -0.2) is 18.6 Å². The Hall–Kier alpha value is -3.26. The van der Waals surface area contributed by atoms with Gasteiger partial charge in [-0.1, -0.05) is 0 Å². The van der Waals surface area contributed by atoms with Crippen LogP contribution in [0.3, 0.4) is 0 Å². The first kappa shape index (κ1) is 23.0. The van der Waals surface area contributed by atoms with Crippen LogP contribution in [0.25, 0.3) is 0 Å². The molecule has 0 aliphatic rings. The number of nitrogens with one attached hydrogen (secondary N) is 1. The monoisotopic (exact) mass is 484 g/mol. The van der Waals surface area contributed by atoms with E-state index in [0.717, 1.165) is 12.1 Å². The van der Waals surface area contributed by atoms with Crippen molar-refractivity contribution in [2.24, 2.45) is 5.10 Å². The summed E-state index contributed by atoms with van der Waals surface area (Å²) in [5.74, 6) is -1.10. The molecule has 0 spiro atoms. The van der Waals surface area contributed by atoms with Gasteiger partial charge in [0, 0.05) is 19.7 Å². The largest absolute Gasteiger partial charge is 0.482 e. The van der Waals surface area contributed by atoms with Crippen LogP contribution in [0.5, 0.6) is 17.2 Å². The third-order valence-corrected chi connectivity index (χ3v) is 4.28. The predicted molar refractivity (Wildman–Crippen MR) is 106 cm³/mol. The molecule has 158 valence electrons. The van der Waals surface area contributed by atoms with Crippen LogP contribution in [0.15, 0.2) is 39.9 Å². The van der Waals surface area contributed by atoms with Crippen LogP contribution >= 0.6 is 15.9 Å². The van der Waals surface area contributed by atoms with Crippen molar-refractivity contribution in [3.63, 3.8) is 0 Å². The van der Waals surface area contributed by atoms with Gasteiger partial charge < -0.3 is 14.4 Å². The molecule has 0 aliphatic heterocycles. The molecule has 0 aliphatic carbocycles.